The zero-order valence-corrected chi connectivity index (χ0v) is 18.8. The van der Waals surface area contributed by atoms with E-state index in [1.807, 2.05) is 48.5 Å². The lowest BCUT2D eigenvalue weighted by atomic mass is 9.94. The number of rotatable bonds is 1. The van der Waals surface area contributed by atoms with Crippen molar-refractivity contribution in [3.8, 4) is 0 Å². The number of carbonyl (C=O) groups excluding carboxylic acids is 3. The van der Waals surface area contributed by atoms with Gasteiger partial charge >= 0.3 is 0 Å². The molecule has 1 aliphatic carbocycles. The Hall–Kier alpha value is -4.17. The Morgan fingerprint density at radius 2 is 1.49 bits per heavy atom. The van der Waals surface area contributed by atoms with Gasteiger partial charge < -0.3 is 19.6 Å². The minimum Gasteiger partial charge on any atom is -0.378 e. The molecule has 0 spiro atoms. The molecule has 8 nitrogen and oxygen atoms in total. The molecule has 3 N–H and O–H groups in total. The summed E-state index contributed by atoms with van der Waals surface area (Å²) >= 11 is 0. The summed E-state index contributed by atoms with van der Waals surface area (Å²) in [6, 6.07) is 14.9. The van der Waals surface area contributed by atoms with Crippen LogP contribution in [0.15, 0.2) is 48.5 Å². The van der Waals surface area contributed by atoms with E-state index >= 15 is 0 Å². The van der Waals surface area contributed by atoms with Gasteiger partial charge in [0.1, 0.15) is 0 Å². The van der Waals surface area contributed by atoms with Crippen molar-refractivity contribution >= 4 is 61.3 Å². The summed E-state index contributed by atoms with van der Waals surface area (Å²) in [5, 5.41) is 20.2. The van der Waals surface area contributed by atoms with E-state index in [0.29, 0.717) is 22.9 Å². The molecular weight excluding hydrogens is 444 g/mol. The largest absolute Gasteiger partial charge is 0.378 e. The summed E-state index contributed by atoms with van der Waals surface area (Å²) in [4.78, 5) is 39.5. The summed E-state index contributed by atoms with van der Waals surface area (Å²) in [5.41, 5.74) is 2.58. The van der Waals surface area contributed by atoms with Crippen molar-refractivity contribution in [1.82, 2.24) is 19.8 Å². The normalized spacial score (nSPS) is 24.6. The Bertz CT molecular complexity index is 1860. The second-order valence-corrected chi connectivity index (χ2v) is 9.87. The third-order valence-electron chi connectivity index (χ3n) is 8.37. The lowest BCUT2D eigenvalue weighted by molar-refractivity contribution is -0.142. The first-order valence-electron chi connectivity index (χ1n) is 11.8. The van der Waals surface area contributed by atoms with Gasteiger partial charge in [-0.25, -0.2) is 0 Å². The SMILES string of the molecule is CNC(=O)[C@]1(O)CC2CC1n1c3ccccc3c3c4c(c5c6ccccc6n2c5c31)C(=O)NC4=O. The smallest absolute Gasteiger partial charge is 0.259 e. The number of imide groups is 1. The molecule has 172 valence electrons. The Kier molecular flexibility index (Phi) is 3.23. The Balaban J connectivity index is 1.73. The first-order chi connectivity index (χ1) is 17.0. The highest BCUT2D eigenvalue weighted by Crippen LogP contribution is 2.56. The fraction of sp³-hybridized carbons (Fsp3) is 0.222. The molecule has 3 atom stereocenters. The summed E-state index contributed by atoms with van der Waals surface area (Å²) < 4.78 is 4.25. The molecule has 3 amide bonds. The molecule has 35 heavy (non-hydrogen) atoms. The van der Waals surface area contributed by atoms with Gasteiger partial charge in [-0.05, 0) is 18.6 Å². The number of nitrogens with one attached hydrogen (secondary N) is 2. The van der Waals surface area contributed by atoms with Crippen molar-refractivity contribution in [3.63, 3.8) is 0 Å². The number of likely N-dealkylation sites (N-methyl/N-ethyl adjacent to an activating group) is 1. The second kappa shape index (κ2) is 5.90. The van der Waals surface area contributed by atoms with Gasteiger partial charge in [0.2, 0.25) is 0 Å². The molecule has 2 unspecified atom stereocenters. The fourth-order valence-corrected chi connectivity index (χ4v) is 7.14. The maximum Gasteiger partial charge on any atom is 0.259 e. The number of hydrogen-bond donors (Lipinski definition) is 3. The van der Waals surface area contributed by atoms with Gasteiger partial charge in [0.15, 0.2) is 5.60 Å². The number of fused-ring (bicyclic) bond motifs is 13. The molecule has 1 saturated carbocycles. The lowest BCUT2D eigenvalue weighted by Gasteiger charge is -2.31. The third kappa shape index (κ3) is 1.95. The van der Waals surface area contributed by atoms with E-state index in [4.69, 9.17) is 0 Å². The van der Waals surface area contributed by atoms with Gasteiger partial charge in [-0.2, -0.15) is 0 Å². The van der Waals surface area contributed by atoms with Gasteiger partial charge in [0, 0.05) is 52.1 Å². The molecule has 3 aromatic carbocycles. The molecule has 3 aliphatic rings. The predicted octanol–water partition coefficient (Wildman–Crippen LogP) is 3.15. The molecular formula is C27H20N4O4. The number of amides is 3. The maximum absolute atomic E-state index is 13.2. The van der Waals surface area contributed by atoms with Crippen molar-refractivity contribution in [3.05, 3.63) is 59.7 Å². The van der Waals surface area contributed by atoms with Crippen LogP contribution in [0.25, 0.3) is 43.6 Å². The maximum atomic E-state index is 13.2. The Morgan fingerprint density at radius 1 is 0.943 bits per heavy atom. The van der Waals surface area contributed by atoms with E-state index in [9.17, 15) is 19.5 Å². The van der Waals surface area contributed by atoms with Crippen LogP contribution in [0.2, 0.25) is 0 Å². The van der Waals surface area contributed by atoms with Crippen LogP contribution >= 0.6 is 0 Å². The highest BCUT2D eigenvalue weighted by Gasteiger charge is 2.55. The van der Waals surface area contributed by atoms with Gasteiger partial charge in [-0.3, -0.25) is 19.7 Å². The predicted molar refractivity (Wildman–Crippen MR) is 131 cm³/mol. The Morgan fingerprint density at radius 3 is 2.09 bits per heavy atom. The second-order valence-electron chi connectivity index (χ2n) is 9.87. The highest BCUT2D eigenvalue weighted by molar-refractivity contribution is 6.39. The van der Waals surface area contributed by atoms with E-state index in [2.05, 4.69) is 19.8 Å². The molecule has 2 aliphatic heterocycles. The standard InChI is InChI=1S/C27H20N4O4/c1-28-26(34)27(35)11-12-10-17(27)31-16-9-5-3-7-14(16)19-21-20(24(32)29-25(21)33)18-13-6-2-4-8-15(13)30(12)22(18)23(19)31/h2-9,12,17,35H,10-11H2,1H3,(H,28,34)(H,29,32,33)/t12?,17?,27-/m0/s1. The van der Waals surface area contributed by atoms with Gasteiger partial charge in [0.25, 0.3) is 17.7 Å². The molecule has 0 radical (unpaired) electrons. The van der Waals surface area contributed by atoms with Crippen LogP contribution in [0.5, 0.6) is 0 Å². The van der Waals surface area contributed by atoms with E-state index in [1.54, 1.807) is 7.05 Å². The van der Waals surface area contributed by atoms with Crippen LogP contribution in [-0.2, 0) is 4.79 Å². The minimum absolute atomic E-state index is 0.162. The molecule has 8 heteroatoms. The average Bonchev–Trinajstić information content (AvgIpc) is 3.53. The van der Waals surface area contributed by atoms with Crippen LogP contribution in [0, 0.1) is 0 Å². The number of para-hydroxylation sites is 2. The summed E-state index contributed by atoms with van der Waals surface area (Å²) in [7, 11) is 1.54. The molecule has 8 rings (SSSR count). The molecule has 0 saturated heterocycles. The van der Waals surface area contributed by atoms with Crippen LogP contribution < -0.4 is 10.6 Å². The van der Waals surface area contributed by atoms with E-state index in [-0.39, 0.29) is 18.4 Å². The number of benzene rings is 3. The molecule has 2 aromatic heterocycles. The fourth-order valence-electron chi connectivity index (χ4n) is 7.14. The van der Waals surface area contributed by atoms with Gasteiger partial charge in [-0.1, -0.05) is 36.4 Å². The number of aliphatic hydroxyl groups is 1. The summed E-state index contributed by atoms with van der Waals surface area (Å²) in [5.74, 6) is -1.22. The van der Waals surface area contributed by atoms with Gasteiger partial charge in [-0.15, -0.1) is 0 Å². The topological polar surface area (TPSA) is 105 Å². The van der Waals surface area contributed by atoms with Gasteiger partial charge in [0.05, 0.1) is 28.2 Å². The molecule has 4 heterocycles. The van der Waals surface area contributed by atoms with Crippen molar-refractivity contribution in [2.75, 3.05) is 7.05 Å². The van der Waals surface area contributed by atoms with Crippen LogP contribution in [-0.4, -0.2) is 44.6 Å². The van der Waals surface area contributed by atoms with Crippen molar-refractivity contribution in [2.24, 2.45) is 0 Å². The van der Waals surface area contributed by atoms with Crippen molar-refractivity contribution in [1.29, 1.82) is 0 Å². The Labute approximate surface area is 198 Å². The monoisotopic (exact) mass is 464 g/mol. The quantitative estimate of drug-likeness (QED) is 0.332. The molecule has 5 aromatic rings. The van der Waals surface area contributed by atoms with Crippen molar-refractivity contribution < 1.29 is 19.5 Å². The first kappa shape index (κ1) is 19.2. The average molecular weight is 464 g/mol. The highest BCUT2D eigenvalue weighted by atomic mass is 16.3. The van der Waals surface area contributed by atoms with Crippen LogP contribution in [0.4, 0.5) is 0 Å². The number of hydrogen-bond acceptors (Lipinski definition) is 4. The molecule has 1 fully saturated rings. The third-order valence-corrected chi connectivity index (χ3v) is 8.37. The zero-order valence-electron chi connectivity index (χ0n) is 18.8. The zero-order chi connectivity index (χ0) is 23.8. The lowest BCUT2D eigenvalue weighted by Crippen LogP contribution is -2.49. The van der Waals surface area contributed by atoms with E-state index < -0.39 is 23.5 Å². The minimum atomic E-state index is -1.62. The number of nitrogens with zero attached hydrogens (tertiary/aromatic N) is 2. The van der Waals surface area contributed by atoms with E-state index in [0.717, 1.165) is 38.2 Å². The van der Waals surface area contributed by atoms with E-state index in [1.165, 1.54) is 0 Å². The number of carbonyl (C=O) groups is 3. The summed E-state index contributed by atoms with van der Waals surface area (Å²) in [6.45, 7) is 0. The molecule has 2 bridgehead atoms. The van der Waals surface area contributed by atoms with Crippen LogP contribution in [0.1, 0.15) is 45.6 Å². The first-order valence-corrected chi connectivity index (χ1v) is 11.8. The number of aromatic nitrogens is 2. The summed E-state index contributed by atoms with van der Waals surface area (Å²) in [6.07, 6.45) is 0.797. The van der Waals surface area contributed by atoms with Crippen LogP contribution in [0.3, 0.4) is 0 Å². The van der Waals surface area contributed by atoms with Crippen molar-refractivity contribution in [2.45, 2.75) is 30.5 Å².